The molecule has 6 heteroatoms. The Labute approximate surface area is 149 Å². The van der Waals surface area contributed by atoms with Gasteiger partial charge >= 0.3 is 0 Å². The van der Waals surface area contributed by atoms with Gasteiger partial charge in [0.15, 0.2) is 0 Å². The van der Waals surface area contributed by atoms with Gasteiger partial charge in [0.2, 0.25) is 0 Å². The molecule has 2 aromatic rings. The average Bonchev–Trinajstić information content (AvgIpc) is 2.99. The number of amides is 1. The maximum atomic E-state index is 12.5. The van der Waals surface area contributed by atoms with Crippen LogP contribution in [-0.4, -0.2) is 47.8 Å². The minimum absolute atomic E-state index is 0.164. The number of aromatic nitrogens is 2. The number of hydrogen-bond acceptors (Lipinski definition) is 4. The van der Waals surface area contributed by atoms with E-state index in [0.29, 0.717) is 23.6 Å². The van der Waals surface area contributed by atoms with Gasteiger partial charge in [-0.1, -0.05) is 6.07 Å². The van der Waals surface area contributed by atoms with E-state index in [9.17, 15) is 4.79 Å². The van der Waals surface area contributed by atoms with E-state index in [0.717, 1.165) is 12.1 Å². The Bertz CT molecular complexity index is 729. The van der Waals surface area contributed by atoms with Gasteiger partial charge in [0.1, 0.15) is 12.4 Å². The first-order valence-corrected chi connectivity index (χ1v) is 8.41. The maximum absolute atomic E-state index is 12.5. The number of carbonyl (C=O) groups is 1. The topological polar surface area (TPSA) is 59.4 Å². The summed E-state index contributed by atoms with van der Waals surface area (Å²) in [6, 6.07) is 5.75. The Kier molecular flexibility index (Phi) is 5.85. The van der Waals surface area contributed by atoms with Crippen LogP contribution in [0.2, 0.25) is 0 Å². The van der Waals surface area contributed by atoms with Gasteiger partial charge < -0.3 is 15.0 Å². The standard InChI is InChI=1S/C19H28N4O2/c1-14-7-8-16(17(11-14)25-10-9-22(5)6)21-18(24)15-12-20-23(13-15)19(2,3)4/h7-8,11-13H,9-10H2,1-6H3,(H,21,24). The van der Waals surface area contributed by atoms with Crippen LogP contribution < -0.4 is 10.1 Å². The zero-order valence-corrected chi connectivity index (χ0v) is 16.0. The van der Waals surface area contributed by atoms with E-state index in [-0.39, 0.29) is 11.4 Å². The number of aryl methyl sites for hydroxylation is 1. The highest BCUT2D eigenvalue weighted by molar-refractivity contribution is 6.04. The summed E-state index contributed by atoms with van der Waals surface area (Å²) < 4.78 is 7.63. The highest BCUT2D eigenvalue weighted by Gasteiger charge is 2.17. The van der Waals surface area contributed by atoms with E-state index in [4.69, 9.17) is 4.74 Å². The highest BCUT2D eigenvalue weighted by atomic mass is 16.5. The van der Waals surface area contributed by atoms with E-state index in [2.05, 4.69) is 15.3 Å². The van der Waals surface area contributed by atoms with Crippen molar-refractivity contribution >= 4 is 11.6 Å². The molecule has 0 bridgehead atoms. The van der Waals surface area contributed by atoms with Crippen molar-refractivity contribution in [2.75, 3.05) is 32.6 Å². The van der Waals surface area contributed by atoms with Crippen LogP contribution in [0.5, 0.6) is 5.75 Å². The molecule has 1 aromatic carbocycles. The highest BCUT2D eigenvalue weighted by Crippen LogP contribution is 2.26. The Balaban J connectivity index is 2.13. The minimum Gasteiger partial charge on any atom is -0.490 e. The predicted molar refractivity (Wildman–Crippen MR) is 100 cm³/mol. The van der Waals surface area contributed by atoms with Crippen molar-refractivity contribution in [2.24, 2.45) is 0 Å². The summed E-state index contributed by atoms with van der Waals surface area (Å²) in [7, 11) is 3.99. The maximum Gasteiger partial charge on any atom is 0.258 e. The molecule has 0 spiro atoms. The summed E-state index contributed by atoms with van der Waals surface area (Å²) in [5, 5.41) is 7.20. The molecule has 25 heavy (non-hydrogen) atoms. The van der Waals surface area contributed by atoms with Gasteiger partial charge in [0, 0.05) is 12.7 Å². The fraction of sp³-hybridized carbons (Fsp3) is 0.474. The van der Waals surface area contributed by atoms with Crippen LogP contribution in [0.25, 0.3) is 0 Å². The lowest BCUT2D eigenvalue weighted by atomic mass is 10.1. The molecule has 1 aromatic heterocycles. The second kappa shape index (κ2) is 7.70. The summed E-state index contributed by atoms with van der Waals surface area (Å²) in [5.74, 6) is 0.482. The van der Waals surface area contributed by atoms with Gasteiger partial charge in [-0.05, 0) is 59.5 Å². The average molecular weight is 344 g/mol. The lowest BCUT2D eigenvalue weighted by molar-refractivity contribution is 0.102. The normalized spacial score (nSPS) is 11.6. The molecule has 136 valence electrons. The molecule has 0 radical (unpaired) electrons. The van der Waals surface area contributed by atoms with Crippen LogP contribution in [0.15, 0.2) is 30.6 Å². The summed E-state index contributed by atoms with van der Waals surface area (Å²) in [6.45, 7) is 9.48. The molecule has 0 atom stereocenters. The third-order valence-electron chi connectivity index (χ3n) is 3.71. The quantitative estimate of drug-likeness (QED) is 0.874. The lowest BCUT2D eigenvalue weighted by Crippen LogP contribution is -2.22. The summed E-state index contributed by atoms with van der Waals surface area (Å²) >= 11 is 0. The van der Waals surface area contributed by atoms with Crippen molar-refractivity contribution in [1.82, 2.24) is 14.7 Å². The van der Waals surface area contributed by atoms with Crippen molar-refractivity contribution in [2.45, 2.75) is 33.2 Å². The molecule has 2 rings (SSSR count). The summed E-state index contributed by atoms with van der Waals surface area (Å²) in [4.78, 5) is 14.6. The largest absolute Gasteiger partial charge is 0.490 e. The fourth-order valence-electron chi connectivity index (χ4n) is 2.19. The van der Waals surface area contributed by atoms with Crippen molar-refractivity contribution in [3.63, 3.8) is 0 Å². The number of rotatable bonds is 6. The zero-order valence-electron chi connectivity index (χ0n) is 16.0. The zero-order chi connectivity index (χ0) is 18.6. The smallest absolute Gasteiger partial charge is 0.258 e. The molecular weight excluding hydrogens is 316 g/mol. The molecule has 0 aliphatic heterocycles. The number of nitrogens with one attached hydrogen (secondary N) is 1. The molecule has 1 heterocycles. The molecule has 0 unspecified atom stereocenters. The molecule has 0 aliphatic rings. The van der Waals surface area contributed by atoms with E-state index >= 15 is 0 Å². The lowest BCUT2D eigenvalue weighted by Gasteiger charge is -2.18. The first kappa shape index (κ1) is 19.0. The second-order valence-electron chi connectivity index (χ2n) is 7.45. The number of likely N-dealkylation sites (N-methyl/N-ethyl adjacent to an activating group) is 1. The van der Waals surface area contributed by atoms with Crippen molar-refractivity contribution in [3.8, 4) is 5.75 Å². The Hall–Kier alpha value is -2.34. The Morgan fingerprint density at radius 2 is 2.04 bits per heavy atom. The van der Waals surface area contributed by atoms with Gasteiger partial charge in [-0.25, -0.2) is 0 Å². The van der Waals surface area contributed by atoms with Crippen LogP contribution in [0.4, 0.5) is 5.69 Å². The van der Waals surface area contributed by atoms with Gasteiger partial charge in [-0.3, -0.25) is 9.48 Å². The van der Waals surface area contributed by atoms with Gasteiger partial charge in [-0.15, -0.1) is 0 Å². The molecule has 0 saturated carbocycles. The van der Waals surface area contributed by atoms with Gasteiger partial charge in [0.25, 0.3) is 5.91 Å². The number of carbonyl (C=O) groups excluding carboxylic acids is 1. The first-order chi connectivity index (χ1) is 11.7. The van der Waals surface area contributed by atoms with Crippen molar-refractivity contribution in [3.05, 3.63) is 41.7 Å². The summed E-state index contributed by atoms with van der Waals surface area (Å²) in [5.41, 5.74) is 2.11. The van der Waals surface area contributed by atoms with E-state index in [1.165, 1.54) is 0 Å². The van der Waals surface area contributed by atoms with Gasteiger partial charge in [-0.2, -0.15) is 5.10 Å². The third-order valence-corrected chi connectivity index (χ3v) is 3.71. The van der Waals surface area contributed by atoms with E-state index < -0.39 is 0 Å². The predicted octanol–water partition coefficient (Wildman–Crippen LogP) is 3.14. The van der Waals surface area contributed by atoms with Gasteiger partial charge in [0.05, 0.1) is 23.0 Å². The third kappa shape index (κ3) is 5.32. The Morgan fingerprint density at radius 1 is 1.32 bits per heavy atom. The van der Waals surface area contributed by atoms with Crippen LogP contribution in [-0.2, 0) is 5.54 Å². The summed E-state index contributed by atoms with van der Waals surface area (Å²) in [6.07, 6.45) is 3.34. The SMILES string of the molecule is Cc1ccc(NC(=O)c2cnn(C(C)(C)C)c2)c(OCCN(C)C)c1. The van der Waals surface area contributed by atoms with Crippen LogP contribution in [0.3, 0.4) is 0 Å². The van der Waals surface area contributed by atoms with Crippen LogP contribution in [0.1, 0.15) is 36.7 Å². The fourth-order valence-corrected chi connectivity index (χ4v) is 2.19. The van der Waals surface area contributed by atoms with E-state index in [1.807, 2.05) is 60.0 Å². The molecular formula is C19H28N4O2. The first-order valence-electron chi connectivity index (χ1n) is 8.41. The minimum atomic E-state index is -0.197. The Morgan fingerprint density at radius 3 is 2.64 bits per heavy atom. The number of anilines is 1. The van der Waals surface area contributed by atoms with E-state index in [1.54, 1.807) is 17.1 Å². The molecule has 1 amide bonds. The monoisotopic (exact) mass is 344 g/mol. The van der Waals surface area contributed by atoms with Crippen molar-refractivity contribution in [1.29, 1.82) is 0 Å². The molecule has 6 nitrogen and oxygen atoms in total. The molecule has 0 saturated heterocycles. The second-order valence-corrected chi connectivity index (χ2v) is 7.45. The number of hydrogen-bond donors (Lipinski definition) is 1. The number of ether oxygens (including phenoxy) is 1. The molecule has 0 fully saturated rings. The molecule has 1 N–H and O–H groups in total. The van der Waals surface area contributed by atoms with Crippen LogP contribution in [0, 0.1) is 6.92 Å². The molecule has 0 aliphatic carbocycles. The number of nitrogens with zero attached hydrogens (tertiary/aromatic N) is 3. The number of benzene rings is 1. The van der Waals surface area contributed by atoms with Crippen molar-refractivity contribution < 1.29 is 9.53 Å². The van der Waals surface area contributed by atoms with Crippen LogP contribution >= 0.6 is 0 Å².